The second kappa shape index (κ2) is 6.81. The maximum atomic E-state index is 13.0. The largest absolute Gasteiger partial charge is 0.481 e. The molecule has 2 aromatic rings. The Bertz CT molecular complexity index is 798. The molecule has 0 aliphatic heterocycles. The minimum Gasteiger partial charge on any atom is -0.481 e. The number of carbonyl (C=O) groups excluding carboxylic acids is 1. The number of anilines is 2. The first kappa shape index (κ1) is 16.1. The van der Waals surface area contributed by atoms with Crippen LogP contribution in [0.25, 0.3) is 0 Å². The standard InChI is InChI=1S/C17H15N3O3S/c18-10-11-2-1-3-14(8-11)20(17-19-6-7-24-17)15(21)12-4-5-13(9-12)16(22)23/h1-3,6-8,12-13H,4-5,9H2,(H,22,23)/t12-,13+/m0/s1. The number of hydrogen-bond donors (Lipinski definition) is 1. The fourth-order valence-electron chi connectivity index (χ4n) is 2.99. The Hall–Kier alpha value is -2.72. The second-order valence-corrected chi connectivity index (χ2v) is 6.57. The van der Waals surface area contributed by atoms with Crippen LogP contribution in [0.4, 0.5) is 10.8 Å². The first-order valence-corrected chi connectivity index (χ1v) is 8.44. The molecular weight excluding hydrogens is 326 g/mol. The van der Waals surface area contributed by atoms with Gasteiger partial charge in [0.2, 0.25) is 5.91 Å². The van der Waals surface area contributed by atoms with Crippen LogP contribution in [0.15, 0.2) is 35.8 Å². The number of carboxylic acid groups (broad SMARTS) is 1. The van der Waals surface area contributed by atoms with Gasteiger partial charge in [-0.1, -0.05) is 6.07 Å². The molecule has 0 unspecified atom stereocenters. The lowest BCUT2D eigenvalue weighted by molar-refractivity contribution is -0.141. The lowest BCUT2D eigenvalue weighted by atomic mass is 10.0. The Morgan fingerprint density at radius 1 is 1.33 bits per heavy atom. The lowest BCUT2D eigenvalue weighted by Crippen LogP contribution is -2.31. The summed E-state index contributed by atoms with van der Waals surface area (Å²) in [5.74, 6) is -1.83. The Morgan fingerprint density at radius 3 is 2.75 bits per heavy atom. The van der Waals surface area contributed by atoms with Gasteiger partial charge < -0.3 is 5.11 Å². The molecule has 0 bridgehead atoms. The van der Waals surface area contributed by atoms with Crippen LogP contribution < -0.4 is 4.90 Å². The minimum atomic E-state index is -0.849. The molecule has 1 aliphatic carbocycles. The third-order valence-corrected chi connectivity index (χ3v) is 4.95. The summed E-state index contributed by atoms with van der Waals surface area (Å²) >= 11 is 1.33. The number of benzene rings is 1. The van der Waals surface area contributed by atoms with Crippen molar-refractivity contribution in [3.05, 3.63) is 41.4 Å². The van der Waals surface area contributed by atoms with Gasteiger partial charge in [0.1, 0.15) is 0 Å². The molecule has 3 rings (SSSR count). The van der Waals surface area contributed by atoms with Gasteiger partial charge in [-0.3, -0.25) is 14.5 Å². The van der Waals surface area contributed by atoms with Crippen molar-refractivity contribution in [3.8, 4) is 6.07 Å². The zero-order valence-corrected chi connectivity index (χ0v) is 13.6. The van der Waals surface area contributed by atoms with Crippen LogP contribution in [0.3, 0.4) is 0 Å². The molecule has 24 heavy (non-hydrogen) atoms. The van der Waals surface area contributed by atoms with Crippen molar-refractivity contribution < 1.29 is 14.7 Å². The summed E-state index contributed by atoms with van der Waals surface area (Å²) in [7, 11) is 0. The highest BCUT2D eigenvalue weighted by atomic mass is 32.1. The van der Waals surface area contributed by atoms with E-state index in [1.54, 1.807) is 35.8 Å². The van der Waals surface area contributed by atoms with Crippen LogP contribution in [-0.4, -0.2) is 22.0 Å². The van der Waals surface area contributed by atoms with E-state index in [1.165, 1.54) is 16.2 Å². The monoisotopic (exact) mass is 341 g/mol. The van der Waals surface area contributed by atoms with Crippen LogP contribution >= 0.6 is 11.3 Å². The SMILES string of the molecule is N#Cc1cccc(N(C(=O)[C@H]2CC[C@@H](C(=O)O)C2)c2nccs2)c1. The first-order valence-electron chi connectivity index (χ1n) is 7.56. The van der Waals surface area contributed by atoms with E-state index in [4.69, 9.17) is 10.4 Å². The molecule has 122 valence electrons. The molecule has 1 fully saturated rings. The fraction of sp³-hybridized carbons (Fsp3) is 0.294. The average molecular weight is 341 g/mol. The summed E-state index contributed by atoms with van der Waals surface area (Å²) in [6, 6.07) is 8.85. The molecule has 1 aromatic heterocycles. The molecular formula is C17H15N3O3S. The quantitative estimate of drug-likeness (QED) is 0.921. The zero-order chi connectivity index (χ0) is 17.1. The molecule has 1 aromatic carbocycles. The van der Waals surface area contributed by atoms with Crippen molar-refractivity contribution in [2.45, 2.75) is 19.3 Å². The molecule has 1 amide bonds. The Kier molecular flexibility index (Phi) is 4.58. The molecule has 0 spiro atoms. The van der Waals surface area contributed by atoms with Gasteiger partial charge in [-0.25, -0.2) is 4.98 Å². The van der Waals surface area contributed by atoms with Gasteiger partial charge in [-0.2, -0.15) is 5.26 Å². The van der Waals surface area contributed by atoms with Crippen LogP contribution in [0.5, 0.6) is 0 Å². The highest BCUT2D eigenvalue weighted by molar-refractivity contribution is 7.13. The van der Waals surface area contributed by atoms with E-state index < -0.39 is 11.9 Å². The predicted octanol–water partition coefficient (Wildman–Crippen LogP) is 3.18. The molecule has 1 heterocycles. The highest BCUT2D eigenvalue weighted by Gasteiger charge is 2.37. The maximum absolute atomic E-state index is 13.0. The van der Waals surface area contributed by atoms with E-state index in [0.717, 1.165) is 0 Å². The Morgan fingerprint density at radius 2 is 2.12 bits per heavy atom. The summed E-state index contributed by atoms with van der Waals surface area (Å²) in [4.78, 5) is 29.9. The van der Waals surface area contributed by atoms with Gasteiger partial charge in [0, 0.05) is 17.5 Å². The number of rotatable bonds is 4. The minimum absolute atomic E-state index is 0.163. The number of thiazole rings is 1. The van der Waals surface area contributed by atoms with Crippen molar-refractivity contribution in [2.75, 3.05) is 4.90 Å². The van der Waals surface area contributed by atoms with Crippen molar-refractivity contribution in [2.24, 2.45) is 11.8 Å². The van der Waals surface area contributed by atoms with Gasteiger partial charge in [-0.15, -0.1) is 11.3 Å². The first-order chi connectivity index (χ1) is 11.6. The predicted molar refractivity (Wildman–Crippen MR) is 88.9 cm³/mol. The molecule has 0 radical (unpaired) electrons. The van der Waals surface area contributed by atoms with Crippen molar-refractivity contribution in [1.82, 2.24) is 4.98 Å². The molecule has 7 heteroatoms. The number of amides is 1. The number of aliphatic carboxylic acids is 1. The van der Waals surface area contributed by atoms with Gasteiger partial charge in [0.15, 0.2) is 5.13 Å². The van der Waals surface area contributed by atoms with E-state index in [-0.39, 0.29) is 11.8 Å². The van der Waals surface area contributed by atoms with Gasteiger partial charge >= 0.3 is 5.97 Å². The Labute approximate surface area is 143 Å². The number of aromatic nitrogens is 1. The normalized spacial score (nSPS) is 19.6. The summed E-state index contributed by atoms with van der Waals surface area (Å²) < 4.78 is 0. The molecule has 1 aliphatic rings. The van der Waals surface area contributed by atoms with Crippen molar-refractivity contribution >= 4 is 34.0 Å². The molecule has 6 nitrogen and oxygen atoms in total. The van der Waals surface area contributed by atoms with E-state index in [9.17, 15) is 9.59 Å². The van der Waals surface area contributed by atoms with Crippen LogP contribution in [-0.2, 0) is 9.59 Å². The number of carboxylic acids is 1. The van der Waals surface area contributed by atoms with Gasteiger partial charge in [-0.05, 0) is 37.5 Å². The smallest absolute Gasteiger partial charge is 0.306 e. The maximum Gasteiger partial charge on any atom is 0.306 e. The molecule has 0 saturated heterocycles. The topological polar surface area (TPSA) is 94.3 Å². The van der Waals surface area contributed by atoms with Crippen LogP contribution in [0.1, 0.15) is 24.8 Å². The lowest BCUT2D eigenvalue weighted by Gasteiger charge is -2.23. The second-order valence-electron chi connectivity index (χ2n) is 5.70. The summed E-state index contributed by atoms with van der Waals surface area (Å²) in [5.41, 5.74) is 1.03. The molecule has 2 atom stereocenters. The van der Waals surface area contributed by atoms with E-state index in [0.29, 0.717) is 35.6 Å². The number of nitriles is 1. The number of nitrogens with zero attached hydrogens (tertiary/aromatic N) is 3. The zero-order valence-electron chi connectivity index (χ0n) is 12.8. The van der Waals surface area contributed by atoms with Crippen molar-refractivity contribution in [3.63, 3.8) is 0 Å². The van der Waals surface area contributed by atoms with Crippen LogP contribution in [0, 0.1) is 23.2 Å². The summed E-state index contributed by atoms with van der Waals surface area (Å²) in [5, 5.41) is 20.5. The molecule has 1 saturated carbocycles. The Balaban J connectivity index is 1.93. The van der Waals surface area contributed by atoms with Crippen LogP contribution in [0.2, 0.25) is 0 Å². The highest BCUT2D eigenvalue weighted by Crippen LogP contribution is 2.37. The van der Waals surface area contributed by atoms with E-state index >= 15 is 0 Å². The number of hydrogen-bond acceptors (Lipinski definition) is 5. The summed E-state index contributed by atoms with van der Waals surface area (Å²) in [6.45, 7) is 0. The fourth-order valence-corrected chi connectivity index (χ4v) is 3.65. The van der Waals surface area contributed by atoms with Gasteiger partial charge in [0.05, 0.1) is 23.2 Å². The third kappa shape index (κ3) is 3.14. The summed E-state index contributed by atoms with van der Waals surface area (Å²) in [6.07, 6.45) is 3.02. The number of carbonyl (C=O) groups is 2. The van der Waals surface area contributed by atoms with Gasteiger partial charge in [0.25, 0.3) is 0 Å². The third-order valence-electron chi connectivity index (χ3n) is 4.20. The van der Waals surface area contributed by atoms with E-state index in [1.807, 2.05) is 0 Å². The van der Waals surface area contributed by atoms with Crippen molar-refractivity contribution in [1.29, 1.82) is 5.26 Å². The van der Waals surface area contributed by atoms with E-state index in [2.05, 4.69) is 11.1 Å². The average Bonchev–Trinajstić information content (AvgIpc) is 3.27. The molecule has 1 N–H and O–H groups in total.